The van der Waals surface area contributed by atoms with Crippen LogP contribution < -0.4 is 5.32 Å². The topological polar surface area (TPSA) is 121 Å². The molecule has 2 fully saturated rings. The predicted molar refractivity (Wildman–Crippen MR) is 118 cm³/mol. The molecule has 3 N–H and O–H groups in total. The van der Waals surface area contributed by atoms with E-state index in [1.165, 1.54) is 0 Å². The number of aromatic nitrogens is 1. The summed E-state index contributed by atoms with van der Waals surface area (Å²) in [6.45, 7) is 4.62. The van der Waals surface area contributed by atoms with Crippen molar-refractivity contribution in [3.63, 3.8) is 0 Å². The molecule has 9 heteroatoms. The van der Waals surface area contributed by atoms with Gasteiger partial charge in [-0.1, -0.05) is 18.2 Å². The maximum Gasteiger partial charge on any atom is 0.290 e. The van der Waals surface area contributed by atoms with Gasteiger partial charge in [-0.2, -0.15) is 0 Å². The largest absolute Gasteiger partial charge is 0.483 e. The number of piperidine rings is 1. The molecule has 2 amide bonds. The third kappa shape index (κ3) is 4.78. The minimum absolute atomic E-state index is 0.0719. The van der Waals surface area contributed by atoms with Crippen LogP contribution in [0.4, 0.5) is 0 Å². The Morgan fingerprint density at radius 2 is 1.88 bits per heavy atom. The van der Waals surface area contributed by atoms with Crippen LogP contribution in [-0.2, 0) is 21.4 Å². The van der Waals surface area contributed by atoms with Crippen LogP contribution in [0.15, 0.2) is 30.5 Å². The number of ether oxygens (including phenoxy) is 1. The molecule has 2 aliphatic rings. The van der Waals surface area contributed by atoms with Gasteiger partial charge in [0, 0.05) is 50.6 Å². The van der Waals surface area contributed by atoms with Crippen LogP contribution in [-0.4, -0.2) is 74.9 Å². The van der Waals surface area contributed by atoms with Crippen molar-refractivity contribution < 1.29 is 29.3 Å². The lowest BCUT2D eigenvalue weighted by Gasteiger charge is -2.51. The van der Waals surface area contributed by atoms with E-state index in [4.69, 9.17) is 14.6 Å². The number of fused-ring (bicyclic) bond motifs is 1. The lowest BCUT2D eigenvalue weighted by Crippen LogP contribution is -2.64. The minimum Gasteiger partial charge on any atom is -0.483 e. The van der Waals surface area contributed by atoms with E-state index in [2.05, 4.69) is 5.32 Å². The van der Waals surface area contributed by atoms with Gasteiger partial charge in [-0.15, -0.1) is 0 Å². The fraction of sp³-hybridized carbons (Fsp3) is 0.522. The van der Waals surface area contributed by atoms with Crippen molar-refractivity contribution in [3.8, 4) is 0 Å². The smallest absolute Gasteiger partial charge is 0.290 e. The molecule has 0 saturated carbocycles. The second kappa shape index (κ2) is 9.30. The highest BCUT2D eigenvalue weighted by atomic mass is 16.5. The van der Waals surface area contributed by atoms with Gasteiger partial charge in [-0.25, -0.2) is 0 Å². The van der Waals surface area contributed by atoms with Crippen LogP contribution in [0.1, 0.15) is 43.5 Å². The van der Waals surface area contributed by atoms with Gasteiger partial charge in [0.25, 0.3) is 12.4 Å². The average molecular weight is 446 g/mol. The number of nitrogens with one attached hydrogen (secondary N) is 1. The zero-order chi connectivity index (χ0) is 23.5. The average Bonchev–Trinajstić information content (AvgIpc) is 3.08. The molecular weight excluding hydrogens is 414 g/mol. The third-order valence-corrected chi connectivity index (χ3v) is 6.55. The Kier molecular flexibility index (Phi) is 6.90. The number of hydrogen-bond acceptors (Lipinski definition) is 5. The Hall–Kier alpha value is -2.91. The molecule has 1 aromatic heterocycles. The molecule has 0 bridgehead atoms. The highest BCUT2D eigenvalue weighted by molar-refractivity contribution is 6.07. The molecule has 0 unspecified atom stereocenters. The predicted octanol–water partition coefficient (Wildman–Crippen LogP) is 1.53. The number of carboxylic acid groups (broad SMARTS) is 1. The lowest BCUT2D eigenvalue weighted by atomic mass is 9.75. The SMILES string of the molecule is CC(=O)N1CCC2(CC1)C[C@](C)(O)[C@@H](NC(=O)c1cn(C)c3ccccc13)CO2.O=CO. The van der Waals surface area contributed by atoms with Crippen LogP contribution in [0.3, 0.4) is 0 Å². The number of likely N-dealkylation sites (tertiary alicyclic amines) is 1. The summed E-state index contributed by atoms with van der Waals surface area (Å²) < 4.78 is 8.12. The Morgan fingerprint density at radius 3 is 2.47 bits per heavy atom. The van der Waals surface area contributed by atoms with Crippen LogP contribution in [0.5, 0.6) is 0 Å². The van der Waals surface area contributed by atoms with E-state index in [0.717, 1.165) is 10.9 Å². The first-order valence-electron chi connectivity index (χ1n) is 10.7. The summed E-state index contributed by atoms with van der Waals surface area (Å²) in [4.78, 5) is 34.7. The van der Waals surface area contributed by atoms with Crippen LogP contribution in [0.2, 0.25) is 0 Å². The summed E-state index contributed by atoms with van der Waals surface area (Å²) in [5.74, 6) is -0.138. The normalized spacial score (nSPS) is 24.5. The molecule has 2 aromatic rings. The molecule has 1 aromatic carbocycles. The number of carbonyl (C=O) groups excluding carboxylic acids is 2. The molecule has 2 saturated heterocycles. The van der Waals surface area contributed by atoms with E-state index in [1.54, 1.807) is 13.8 Å². The standard InChI is InChI=1S/C22H29N3O4.CH2O2/c1-15(26)25-10-8-22(9-11-25)14-21(2,28)19(13-29-22)23-20(27)17-12-24(3)18-7-5-4-6-16(17)18;2-1-3/h4-7,12,19,28H,8-11,13-14H2,1-3H3,(H,23,27);1H,(H,2,3)/t19-,21-;/m0./s1. The molecule has 1 spiro atoms. The number of benzene rings is 1. The first kappa shape index (κ1) is 23.7. The third-order valence-electron chi connectivity index (χ3n) is 6.55. The molecule has 0 radical (unpaired) electrons. The van der Waals surface area contributed by atoms with Gasteiger partial charge in [0.05, 0.1) is 29.4 Å². The lowest BCUT2D eigenvalue weighted by molar-refractivity contribution is -0.187. The van der Waals surface area contributed by atoms with Crippen molar-refractivity contribution >= 4 is 29.2 Å². The monoisotopic (exact) mass is 445 g/mol. The number of aryl methyl sites for hydroxylation is 1. The summed E-state index contributed by atoms with van der Waals surface area (Å²) in [7, 11) is 1.91. The zero-order valence-electron chi connectivity index (χ0n) is 18.7. The molecular formula is C23H31N3O6. The summed E-state index contributed by atoms with van der Waals surface area (Å²) in [5.41, 5.74) is 0.0574. The van der Waals surface area contributed by atoms with E-state index in [9.17, 15) is 14.7 Å². The molecule has 2 aliphatic heterocycles. The summed E-state index contributed by atoms with van der Waals surface area (Å²) in [5, 5.41) is 21.9. The van der Waals surface area contributed by atoms with E-state index < -0.39 is 17.2 Å². The van der Waals surface area contributed by atoms with Crippen LogP contribution in [0.25, 0.3) is 10.9 Å². The summed E-state index contributed by atoms with van der Waals surface area (Å²) in [6, 6.07) is 7.27. The molecule has 9 nitrogen and oxygen atoms in total. The number of nitrogens with zero attached hydrogens (tertiary/aromatic N) is 2. The Bertz CT molecular complexity index is 991. The van der Waals surface area contributed by atoms with E-state index in [1.807, 2.05) is 47.0 Å². The minimum atomic E-state index is -1.09. The van der Waals surface area contributed by atoms with E-state index in [0.29, 0.717) is 37.9 Å². The molecule has 3 heterocycles. The number of para-hydroxylation sites is 1. The number of amides is 2. The Balaban J connectivity index is 0.000000913. The highest BCUT2D eigenvalue weighted by Gasteiger charge is 2.49. The maximum atomic E-state index is 13.0. The number of aliphatic hydroxyl groups is 1. The van der Waals surface area contributed by atoms with Crippen molar-refractivity contribution in [2.75, 3.05) is 19.7 Å². The van der Waals surface area contributed by atoms with E-state index in [-0.39, 0.29) is 24.9 Å². The summed E-state index contributed by atoms with van der Waals surface area (Å²) in [6.07, 6.45) is 3.66. The Labute approximate surface area is 186 Å². The molecule has 174 valence electrons. The van der Waals surface area contributed by atoms with Crippen molar-refractivity contribution in [1.29, 1.82) is 0 Å². The van der Waals surface area contributed by atoms with Gasteiger partial charge in [-0.05, 0) is 25.8 Å². The van der Waals surface area contributed by atoms with Crippen molar-refractivity contribution in [2.24, 2.45) is 7.05 Å². The number of hydrogen-bond donors (Lipinski definition) is 3. The molecule has 2 atom stereocenters. The molecule has 4 rings (SSSR count). The van der Waals surface area contributed by atoms with Gasteiger partial charge in [0.15, 0.2) is 0 Å². The van der Waals surface area contributed by atoms with Gasteiger partial charge in [0.2, 0.25) is 5.91 Å². The van der Waals surface area contributed by atoms with Gasteiger partial charge < -0.3 is 29.7 Å². The number of rotatable bonds is 2. The van der Waals surface area contributed by atoms with Crippen molar-refractivity contribution in [2.45, 2.75) is 50.4 Å². The van der Waals surface area contributed by atoms with Crippen molar-refractivity contribution in [3.05, 3.63) is 36.0 Å². The molecule has 0 aliphatic carbocycles. The first-order chi connectivity index (χ1) is 15.1. The second-order valence-corrected chi connectivity index (χ2v) is 8.84. The van der Waals surface area contributed by atoms with Gasteiger partial charge in [0.1, 0.15) is 0 Å². The first-order valence-corrected chi connectivity index (χ1v) is 10.7. The van der Waals surface area contributed by atoms with Gasteiger partial charge in [-0.3, -0.25) is 14.4 Å². The second-order valence-electron chi connectivity index (χ2n) is 8.84. The van der Waals surface area contributed by atoms with Crippen molar-refractivity contribution in [1.82, 2.24) is 14.8 Å². The highest BCUT2D eigenvalue weighted by Crippen LogP contribution is 2.39. The van der Waals surface area contributed by atoms with Crippen LogP contribution in [0, 0.1) is 0 Å². The van der Waals surface area contributed by atoms with Crippen LogP contribution >= 0.6 is 0 Å². The summed E-state index contributed by atoms with van der Waals surface area (Å²) >= 11 is 0. The fourth-order valence-electron chi connectivity index (χ4n) is 4.77. The van der Waals surface area contributed by atoms with E-state index >= 15 is 0 Å². The quantitative estimate of drug-likeness (QED) is 0.603. The number of carbonyl (C=O) groups is 3. The zero-order valence-corrected chi connectivity index (χ0v) is 18.7. The van der Waals surface area contributed by atoms with Gasteiger partial charge >= 0.3 is 0 Å². The maximum absolute atomic E-state index is 13.0. The Morgan fingerprint density at radius 1 is 1.25 bits per heavy atom. The molecule has 32 heavy (non-hydrogen) atoms. The fourth-order valence-corrected chi connectivity index (χ4v) is 4.77.